The van der Waals surface area contributed by atoms with Crippen molar-refractivity contribution < 1.29 is 23.7 Å². The van der Waals surface area contributed by atoms with Gasteiger partial charge in [0.1, 0.15) is 11.2 Å². The minimum Gasteiger partial charge on any atom is -0.497 e. The summed E-state index contributed by atoms with van der Waals surface area (Å²) in [6, 6.07) is 17.5. The smallest absolute Gasteiger partial charge is 0.217 e. The summed E-state index contributed by atoms with van der Waals surface area (Å²) in [5, 5.41) is 3.06. The molecular weight excluding hydrogens is 438 g/mol. The number of rotatable bonds is 11. The molecule has 178 valence electrons. The molecule has 2 aromatic rings. The Morgan fingerprint density at radius 3 is 2.55 bits per heavy atom. The molecule has 0 radical (unpaired) electrons. The molecule has 1 heterocycles. The van der Waals surface area contributed by atoms with E-state index in [0.29, 0.717) is 19.8 Å². The van der Waals surface area contributed by atoms with Crippen molar-refractivity contribution in [3.05, 3.63) is 72.8 Å². The Balaban J connectivity index is 1.77. The molecule has 6 nitrogen and oxygen atoms in total. The molecule has 0 aliphatic carbocycles. The second-order valence-electron chi connectivity index (χ2n) is 8.01. The van der Waals surface area contributed by atoms with Crippen molar-refractivity contribution in [2.24, 2.45) is 5.92 Å². The van der Waals surface area contributed by atoms with Crippen molar-refractivity contribution in [2.45, 2.75) is 49.0 Å². The summed E-state index contributed by atoms with van der Waals surface area (Å²) < 4.78 is 23.9. The van der Waals surface area contributed by atoms with E-state index in [-0.39, 0.29) is 35.5 Å². The first-order valence-corrected chi connectivity index (χ1v) is 12.0. The molecule has 0 spiro atoms. The Kier molecular flexibility index (Phi) is 9.81. The van der Waals surface area contributed by atoms with Crippen LogP contribution in [0.25, 0.3) is 0 Å². The Morgan fingerprint density at radius 2 is 1.91 bits per heavy atom. The standard InChI is InChI=1S/C26H33NO5S/c1-5-15-31-25-18(2)23(17-30-16-20-9-7-6-8-10-20)32-26(24(25)27-19(3)28)33-22-13-11-21(29-4)12-14-22/h5-14,18,23-26H,1,15-17H2,2-4H3,(H,27,28)/t18-,23?,24?,25-,26-/m0/s1. The Labute approximate surface area is 200 Å². The topological polar surface area (TPSA) is 66.0 Å². The Morgan fingerprint density at radius 1 is 1.18 bits per heavy atom. The van der Waals surface area contributed by atoms with E-state index in [1.807, 2.05) is 54.6 Å². The molecule has 5 atom stereocenters. The molecule has 1 aliphatic heterocycles. The van der Waals surface area contributed by atoms with Crippen LogP contribution in [0.3, 0.4) is 0 Å². The lowest BCUT2D eigenvalue weighted by molar-refractivity contribution is -0.160. The summed E-state index contributed by atoms with van der Waals surface area (Å²) in [4.78, 5) is 13.0. The second kappa shape index (κ2) is 12.8. The van der Waals surface area contributed by atoms with E-state index in [4.69, 9.17) is 18.9 Å². The van der Waals surface area contributed by atoms with E-state index in [9.17, 15) is 4.79 Å². The predicted molar refractivity (Wildman–Crippen MR) is 130 cm³/mol. The summed E-state index contributed by atoms with van der Waals surface area (Å²) in [5.41, 5.74) is 0.763. The SMILES string of the molecule is C=CCO[C@@H]1C(NC(C)=O)[C@H](Sc2ccc(OC)cc2)OC(COCc2ccccc2)[C@@H]1C. The van der Waals surface area contributed by atoms with Crippen LogP contribution in [0.4, 0.5) is 0 Å². The number of carbonyl (C=O) groups is 1. The van der Waals surface area contributed by atoms with Crippen LogP contribution in [0, 0.1) is 5.92 Å². The zero-order valence-corrected chi connectivity index (χ0v) is 20.3. The Bertz CT molecular complexity index is 876. The van der Waals surface area contributed by atoms with Gasteiger partial charge in [0.15, 0.2) is 0 Å². The number of amides is 1. The van der Waals surface area contributed by atoms with E-state index in [1.54, 1.807) is 24.9 Å². The summed E-state index contributed by atoms with van der Waals surface area (Å²) >= 11 is 1.55. The van der Waals surface area contributed by atoms with Gasteiger partial charge in [-0.05, 0) is 29.8 Å². The van der Waals surface area contributed by atoms with Gasteiger partial charge in [-0.25, -0.2) is 0 Å². The summed E-state index contributed by atoms with van der Waals surface area (Å²) in [6.45, 7) is 8.70. The molecule has 0 aromatic heterocycles. The van der Waals surface area contributed by atoms with Gasteiger partial charge in [-0.3, -0.25) is 4.79 Å². The number of hydrogen-bond acceptors (Lipinski definition) is 6. The van der Waals surface area contributed by atoms with Gasteiger partial charge in [-0.15, -0.1) is 6.58 Å². The van der Waals surface area contributed by atoms with Gasteiger partial charge in [-0.2, -0.15) is 0 Å². The van der Waals surface area contributed by atoms with Gasteiger partial charge < -0.3 is 24.3 Å². The molecule has 2 unspecified atom stereocenters. The maximum Gasteiger partial charge on any atom is 0.217 e. The van der Waals surface area contributed by atoms with Gasteiger partial charge in [0.2, 0.25) is 5.91 Å². The third kappa shape index (κ3) is 7.33. The molecule has 2 aromatic carbocycles. The van der Waals surface area contributed by atoms with Crippen LogP contribution in [0.15, 0.2) is 72.1 Å². The summed E-state index contributed by atoms with van der Waals surface area (Å²) in [7, 11) is 1.64. The molecular formula is C26H33NO5S. The normalized spacial score (nSPS) is 24.8. The van der Waals surface area contributed by atoms with E-state index in [0.717, 1.165) is 16.2 Å². The van der Waals surface area contributed by atoms with Crippen molar-refractivity contribution in [3.63, 3.8) is 0 Å². The number of thioether (sulfide) groups is 1. The van der Waals surface area contributed by atoms with Gasteiger partial charge in [0.05, 0.1) is 45.2 Å². The van der Waals surface area contributed by atoms with Crippen LogP contribution in [0.2, 0.25) is 0 Å². The number of ether oxygens (including phenoxy) is 4. The van der Waals surface area contributed by atoms with E-state index >= 15 is 0 Å². The minimum absolute atomic E-state index is 0.00490. The number of methoxy groups -OCH3 is 1. The van der Waals surface area contributed by atoms with Crippen molar-refractivity contribution in [1.29, 1.82) is 0 Å². The molecule has 1 amide bonds. The van der Waals surface area contributed by atoms with Gasteiger partial charge in [0, 0.05) is 17.7 Å². The van der Waals surface area contributed by atoms with E-state index < -0.39 is 0 Å². The zero-order chi connectivity index (χ0) is 23.6. The highest BCUT2D eigenvalue weighted by atomic mass is 32.2. The van der Waals surface area contributed by atoms with Crippen molar-refractivity contribution in [3.8, 4) is 5.75 Å². The van der Waals surface area contributed by atoms with E-state index in [1.165, 1.54) is 6.92 Å². The maximum atomic E-state index is 12.0. The largest absolute Gasteiger partial charge is 0.497 e. The van der Waals surface area contributed by atoms with Crippen molar-refractivity contribution in [1.82, 2.24) is 5.32 Å². The molecule has 3 rings (SSSR count). The Hall–Kier alpha value is -2.32. The highest BCUT2D eigenvalue weighted by Gasteiger charge is 2.45. The number of benzene rings is 2. The lowest BCUT2D eigenvalue weighted by Gasteiger charge is -2.45. The highest BCUT2D eigenvalue weighted by Crippen LogP contribution is 2.37. The van der Waals surface area contributed by atoms with Crippen LogP contribution in [0.5, 0.6) is 5.75 Å². The van der Waals surface area contributed by atoms with Crippen LogP contribution in [-0.4, -0.2) is 49.9 Å². The molecule has 1 aliphatic rings. The molecule has 7 heteroatoms. The van der Waals surface area contributed by atoms with Crippen LogP contribution < -0.4 is 10.1 Å². The minimum atomic E-state index is -0.348. The third-order valence-electron chi connectivity index (χ3n) is 5.54. The van der Waals surface area contributed by atoms with E-state index in [2.05, 4.69) is 18.8 Å². The molecule has 0 saturated carbocycles. The summed E-state index contributed by atoms with van der Waals surface area (Å²) in [6.07, 6.45) is 1.28. The van der Waals surface area contributed by atoms with Gasteiger partial charge >= 0.3 is 0 Å². The zero-order valence-electron chi connectivity index (χ0n) is 19.4. The molecule has 1 N–H and O–H groups in total. The highest BCUT2D eigenvalue weighted by molar-refractivity contribution is 7.99. The predicted octanol–water partition coefficient (Wildman–Crippen LogP) is 4.44. The fourth-order valence-corrected chi connectivity index (χ4v) is 4.97. The average molecular weight is 472 g/mol. The maximum absolute atomic E-state index is 12.0. The van der Waals surface area contributed by atoms with Gasteiger partial charge in [0.25, 0.3) is 0 Å². The average Bonchev–Trinajstić information content (AvgIpc) is 2.82. The van der Waals surface area contributed by atoms with Crippen molar-refractivity contribution >= 4 is 17.7 Å². The fraction of sp³-hybridized carbons (Fsp3) is 0.423. The number of carbonyl (C=O) groups excluding carboxylic acids is 1. The third-order valence-corrected chi connectivity index (χ3v) is 6.72. The fourth-order valence-electron chi connectivity index (χ4n) is 3.84. The number of nitrogens with one attached hydrogen (secondary N) is 1. The van der Waals surface area contributed by atoms with Crippen LogP contribution >= 0.6 is 11.8 Å². The second-order valence-corrected chi connectivity index (χ2v) is 9.18. The first-order chi connectivity index (χ1) is 16.0. The lowest BCUT2D eigenvalue weighted by Crippen LogP contribution is -2.61. The van der Waals surface area contributed by atoms with Gasteiger partial charge in [-0.1, -0.05) is 55.1 Å². The first-order valence-electron chi connectivity index (χ1n) is 11.1. The summed E-state index contributed by atoms with van der Waals surface area (Å²) in [5.74, 6) is 0.669. The monoisotopic (exact) mass is 471 g/mol. The van der Waals surface area contributed by atoms with Crippen LogP contribution in [-0.2, 0) is 25.6 Å². The number of hydrogen-bond donors (Lipinski definition) is 1. The quantitative estimate of drug-likeness (QED) is 0.489. The molecule has 1 fully saturated rings. The van der Waals surface area contributed by atoms with Crippen molar-refractivity contribution in [2.75, 3.05) is 20.3 Å². The first kappa shape index (κ1) is 25.3. The molecule has 33 heavy (non-hydrogen) atoms. The molecule has 0 bridgehead atoms. The lowest BCUT2D eigenvalue weighted by atomic mass is 9.89. The van der Waals surface area contributed by atoms with Crippen LogP contribution in [0.1, 0.15) is 19.4 Å². The molecule has 1 saturated heterocycles.